The average molecular weight is 134 g/mol. The third-order valence-corrected chi connectivity index (χ3v) is 0.948. The summed E-state index contributed by atoms with van der Waals surface area (Å²) >= 11 is 0. The topological polar surface area (TPSA) is 66.8 Å². The lowest BCUT2D eigenvalue weighted by Crippen LogP contribution is -2.29. The molecule has 0 fully saturated rings. The molecule has 0 spiro atoms. The van der Waals surface area contributed by atoms with E-state index in [1.807, 2.05) is 0 Å². The summed E-state index contributed by atoms with van der Waals surface area (Å²) < 4.78 is 4.27. The number of ether oxygens (including phenoxy) is 1. The van der Waals surface area contributed by atoms with Crippen LogP contribution in [0.4, 0.5) is 0 Å². The fourth-order valence-corrected chi connectivity index (χ4v) is 0.381. The summed E-state index contributed by atoms with van der Waals surface area (Å²) in [7, 11) is 0. The van der Waals surface area contributed by atoms with E-state index in [0.717, 1.165) is 0 Å². The first-order valence-electron chi connectivity index (χ1n) is 2.60. The summed E-state index contributed by atoms with van der Waals surface area (Å²) in [5.74, 6) is 0. The first kappa shape index (κ1) is 8.39. The van der Waals surface area contributed by atoms with Crippen molar-refractivity contribution < 1.29 is 19.7 Å². The molecule has 0 aromatic rings. The van der Waals surface area contributed by atoms with Gasteiger partial charge in [-0.2, -0.15) is 0 Å². The molecule has 0 heterocycles. The van der Waals surface area contributed by atoms with Crippen LogP contribution < -0.4 is 0 Å². The van der Waals surface area contributed by atoms with Gasteiger partial charge >= 0.3 is 0 Å². The van der Waals surface area contributed by atoms with E-state index in [1.165, 1.54) is 6.92 Å². The Bertz CT molecular complexity index is 81.0. The zero-order chi connectivity index (χ0) is 7.28. The lowest BCUT2D eigenvalue weighted by molar-refractivity contribution is -0.141. The van der Waals surface area contributed by atoms with Gasteiger partial charge in [0, 0.05) is 0 Å². The molecule has 0 saturated carbocycles. The molecule has 0 aromatic carbocycles. The molecule has 2 atom stereocenters. The fourth-order valence-electron chi connectivity index (χ4n) is 0.381. The van der Waals surface area contributed by atoms with Crippen LogP contribution in [-0.4, -0.2) is 35.5 Å². The highest BCUT2D eigenvalue weighted by Gasteiger charge is 2.13. The highest BCUT2D eigenvalue weighted by atomic mass is 16.5. The zero-order valence-electron chi connectivity index (χ0n) is 5.15. The van der Waals surface area contributed by atoms with Crippen molar-refractivity contribution in [3.8, 4) is 0 Å². The molecule has 2 N–H and O–H groups in total. The van der Waals surface area contributed by atoms with E-state index in [4.69, 9.17) is 10.2 Å². The Morgan fingerprint density at radius 1 is 1.78 bits per heavy atom. The number of carbonyl (C=O) groups excluding carboxylic acids is 1. The van der Waals surface area contributed by atoms with E-state index < -0.39 is 12.2 Å². The second-order valence-corrected chi connectivity index (χ2v) is 1.69. The molecule has 0 aliphatic carbocycles. The molecule has 0 bridgehead atoms. The highest BCUT2D eigenvalue weighted by Crippen LogP contribution is 1.94. The number of aliphatic hydroxyl groups excluding tert-OH is 2. The Morgan fingerprint density at radius 3 is 2.44 bits per heavy atom. The van der Waals surface area contributed by atoms with Crippen molar-refractivity contribution in [2.45, 2.75) is 19.1 Å². The molecule has 9 heavy (non-hydrogen) atoms. The lowest BCUT2D eigenvalue weighted by Gasteiger charge is -2.13. The number of hydrogen-bond acceptors (Lipinski definition) is 4. The molecule has 1 unspecified atom stereocenters. The quantitative estimate of drug-likeness (QED) is 0.479. The van der Waals surface area contributed by atoms with Gasteiger partial charge in [-0.1, -0.05) is 0 Å². The number of aliphatic hydroxyl groups is 2. The minimum absolute atomic E-state index is 0.202. The maximum absolute atomic E-state index is 9.63. The molecule has 0 radical (unpaired) electrons. The molecule has 0 aliphatic rings. The summed E-state index contributed by atoms with van der Waals surface area (Å²) in [6.07, 6.45) is -1.61. The Hall–Kier alpha value is -0.610. The van der Waals surface area contributed by atoms with Gasteiger partial charge in [0.25, 0.3) is 6.47 Å². The molecule has 4 nitrogen and oxygen atoms in total. The van der Waals surface area contributed by atoms with Crippen LogP contribution in [0.3, 0.4) is 0 Å². The van der Waals surface area contributed by atoms with Crippen molar-refractivity contribution in [3.05, 3.63) is 0 Å². The zero-order valence-corrected chi connectivity index (χ0v) is 5.15. The SMILES string of the molecule is CC(O)[C@@H](CO)OC=O. The predicted octanol–water partition coefficient (Wildman–Crippen LogP) is -1.10. The number of hydrogen-bond donors (Lipinski definition) is 2. The van der Waals surface area contributed by atoms with Crippen LogP contribution in [0.5, 0.6) is 0 Å². The monoisotopic (exact) mass is 134 g/mol. The van der Waals surface area contributed by atoms with Crippen LogP contribution in [0.15, 0.2) is 0 Å². The maximum Gasteiger partial charge on any atom is 0.293 e. The number of rotatable bonds is 4. The van der Waals surface area contributed by atoms with Gasteiger partial charge in [0.15, 0.2) is 0 Å². The third-order valence-electron chi connectivity index (χ3n) is 0.948. The van der Waals surface area contributed by atoms with E-state index in [0.29, 0.717) is 0 Å². The predicted molar refractivity (Wildman–Crippen MR) is 29.7 cm³/mol. The fraction of sp³-hybridized carbons (Fsp3) is 0.800. The van der Waals surface area contributed by atoms with Crippen LogP contribution in [-0.2, 0) is 9.53 Å². The summed E-state index contributed by atoms with van der Waals surface area (Å²) in [5, 5.41) is 17.1. The van der Waals surface area contributed by atoms with Crippen LogP contribution in [0, 0.1) is 0 Å². The number of carbonyl (C=O) groups is 1. The molecular formula is C5H10O4. The summed E-state index contributed by atoms with van der Waals surface area (Å²) in [4.78, 5) is 9.63. The summed E-state index contributed by atoms with van der Waals surface area (Å²) in [5.41, 5.74) is 0. The van der Waals surface area contributed by atoms with Crippen molar-refractivity contribution in [1.82, 2.24) is 0 Å². The Morgan fingerprint density at radius 2 is 2.33 bits per heavy atom. The van der Waals surface area contributed by atoms with Crippen molar-refractivity contribution in [2.75, 3.05) is 6.61 Å². The molecule has 4 heteroatoms. The van der Waals surface area contributed by atoms with Crippen LogP contribution in [0.1, 0.15) is 6.92 Å². The normalized spacial score (nSPS) is 16.3. The van der Waals surface area contributed by atoms with Gasteiger partial charge in [0.05, 0.1) is 12.7 Å². The largest absolute Gasteiger partial charge is 0.459 e. The van der Waals surface area contributed by atoms with E-state index in [1.54, 1.807) is 0 Å². The van der Waals surface area contributed by atoms with E-state index >= 15 is 0 Å². The van der Waals surface area contributed by atoms with Gasteiger partial charge in [-0.25, -0.2) is 0 Å². The van der Waals surface area contributed by atoms with E-state index in [9.17, 15) is 4.79 Å². The second kappa shape index (κ2) is 4.29. The van der Waals surface area contributed by atoms with Crippen LogP contribution in [0.2, 0.25) is 0 Å². The van der Waals surface area contributed by atoms with E-state index in [-0.39, 0.29) is 13.1 Å². The second-order valence-electron chi connectivity index (χ2n) is 1.69. The van der Waals surface area contributed by atoms with Gasteiger partial charge < -0.3 is 14.9 Å². The molecule has 0 rings (SSSR count). The van der Waals surface area contributed by atoms with E-state index in [2.05, 4.69) is 4.74 Å². The maximum atomic E-state index is 9.63. The van der Waals surface area contributed by atoms with Crippen LogP contribution in [0.25, 0.3) is 0 Å². The first-order chi connectivity index (χ1) is 4.22. The van der Waals surface area contributed by atoms with Gasteiger partial charge in [0.2, 0.25) is 0 Å². The molecular weight excluding hydrogens is 124 g/mol. The van der Waals surface area contributed by atoms with Gasteiger partial charge in [-0.15, -0.1) is 0 Å². The van der Waals surface area contributed by atoms with Crippen LogP contribution >= 0.6 is 0 Å². The summed E-state index contributed by atoms with van der Waals surface area (Å²) in [6, 6.07) is 0. The Kier molecular flexibility index (Phi) is 4.00. The molecule has 0 aromatic heterocycles. The van der Waals surface area contributed by atoms with Crippen molar-refractivity contribution in [2.24, 2.45) is 0 Å². The van der Waals surface area contributed by atoms with Crippen molar-refractivity contribution in [3.63, 3.8) is 0 Å². The van der Waals surface area contributed by atoms with Crippen molar-refractivity contribution in [1.29, 1.82) is 0 Å². The Balaban J connectivity index is 3.53. The van der Waals surface area contributed by atoms with Gasteiger partial charge in [-0.3, -0.25) is 4.79 Å². The van der Waals surface area contributed by atoms with Gasteiger partial charge in [0.1, 0.15) is 6.10 Å². The lowest BCUT2D eigenvalue weighted by atomic mass is 10.2. The molecule has 0 aliphatic heterocycles. The Labute approximate surface area is 53.1 Å². The molecule has 54 valence electrons. The standard InChI is InChI=1S/C5H10O4/c1-4(8)5(2-6)9-3-7/h3-6,8H,2H2,1H3/t4?,5-/m1/s1. The average Bonchev–Trinajstić information content (AvgIpc) is 1.82. The smallest absolute Gasteiger partial charge is 0.293 e. The third kappa shape index (κ3) is 3.05. The van der Waals surface area contributed by atoms with Gasteiger partial charge in [-0.05, 0) is 6.92 Å². The minimum Gasteiger partial charge on any atom is -0.459 e. The minimum atomic E-state index is -0.819. The highest BCUT2D eigenvalue weighted by molar-refractivity contribution is 5.37. The molecule has 0 saturated heterocycles. The van der Waals surface area contributed by atoms with Crippen molar-refractivity contribution >= 4 is 6.47 Å². The summed E-state index contributed by atoms with van der Waals surface area (Å²) in [6.45, 7) is 1.29. The molecule has 0 amide bonds. The first-order valence-corrected chi connectivity index (χ1v) is 2.60.